The summed E-state index contributed by atoms with van der Waals surface area (Å²) in [5.41, 5.74) is 6.42. The Morgan fingerprint density at radius 3 is 1.17 bits per heavy atom. The van der Waals surface area contributed by atoms with Crippen LogP contribution in [-0.4, -0.2) is 30.8 Å². The minimum absolute atomic E-state index is 0.0881. The van der Waals surface area contributed by atoms with Crippen LogP contribution in [0.25, 0.3) is 123 Å². The third-order valence-corrected chi connectivity index (χ3v) is 19.5. The lowest BCUT2D eigenvalue weighted by Crippen LogP contribution is -2.61. The van der Waals surface area contributed by atoms with Gasteiger partial charge in [-0.15, -0.1) is 0 Å². The van der Waals surface area contributed by atoms with Crippen molar-refractivity contribution in [2.24, 2.45) is 0 Å². The average molecular weight is 1350 g/mol. The molecule has 0 atom stereocenters. The Hall–Kier alpha value is -12.6. The molecule has 0 aliphatic carbocycles. The van der Waals surface area contributed by atoms with E-state index in [9.17, 15) is 21.9 Å². The lowest BCUT2D eigenvalue weighted by molar-refractivity contribution is 0.590. The Morgan fingerprint density at radius 1 is 0.301 bits per heavy atom. The van der Waals surface area contributed by atoms with Gasteiger partial charge >= 0.3 is 0 Å². The van der Waals surface area contributed by atoms with E-state index in [1.807, 2.05) is 186 Å². The normalized spacial score (nSPS) is 16.2. The van der Waals surface area contributed by atoms with Crippen LogP contribution in [0.1, 0.15) is 88.3 Å². The third-order valence-electron chi connectivity index (χ3n) is 19.5. The van der Waals surface area contributed by atoms with Gasteiger partial charge in [0.1, 0.15) is 0 Å². The van der Waals surface area contributed by atoms with Gasteiger partial charge in [0.25, 0.3) is 6.71 Å². The fourth-order valence-electron chi connectivity index (χ4n) is 14.7. The molecule has 0 spiro atoms. The van der Waals surface area contributed by atoms with Gasteiger partial charge in [-0.2, -0.15) is 0 Å². The zero-order valence-electron chi connectivity index (χ0n) is 82.4. The van der Waals surface area contributed by atoms with Crippen molar-refractivity contribution in [1.82, 2.24) is 24.1 Å². The standard InChI is InChI=1S/C95H72BN7/c1-94(2,3)67-55-76(63-34-16-9-17-35-63)90(77(56-67)93-98-91(64-36-18-10-19-37-64)97-92(99-93)65-38-20-11-21-39-65)103-86-60-70(101-82-46-28-24-42-73(82)74-43-25-29-47-83(74)101)50-52-79(86)96-78-51-49-69(100-80-44-26-22-40-71(80)72-41-23-27-45-81(72)100)59-85(78)102(87-57-68(95(4,5)6)58-88(103)89(87)96)84-53-48-66(61-30-12-7-13-31-61)54-75(84)62-32-14-8-15-33-62/h7-60H,1-6H3/i10D,11D,18D,19D,20D,21D,22D,23D,24D,25D,26D,27D,28D,29D,36D,37D,38D,39D,40D,41D,42D,43D,44D,45D,46D,47D. The molecule has 8 heteroatoms. The first kappa shape index (κ1) is 40.0. The molecule has 14 aromatic carbocycles. The molecular weight excluding hydrogens is 1250 g/mol. The molecule has 0 amide bonds. The van der Waals surface area contributed by atoms with Crippen LogP contribution in [0, 0.1) is 0 Å². The Bertz CT molecular complexity index is 7570. The van der Waals surface area contributed by atoms with Crippen LogP contribution in [0.2, 0.25) is 0 Å². The Morgan fingerprint density at radius 2 is 0.699 bits per heavy atom. The third kappa shape index (κ3) is 10.2. The summed E-state index contributed by atoms with van der Waals surface area (Å²) in [5, 5.41) is -0.748. The van der Waals surface area contributed by atoms with Crippen LogP contribution in [0.5, 0.6) is 0 Å². The summed E-state index contributed by atoms with van der Waals surface area (Å²) in [4.78, 5) is 19.3. The van der Waals surface area contributed by atoms with Gasteiger partial charge < -0.3 is 18.9 Å². The molecule has 0 unspecified atom stereocenters. The molecule has 19 rings (SSSR count). The summed E-state index contributed by atoms with van der Waals surface area (Å²) in [6, 6.07) is 36.1. The van der Waals surface area contributed by atoms with E-state index in [2.05, 4.69) is 17.0 Å². The molecule has 490 valence electrons. The summed E-state index contributed by atoms with van der Waals surface area (Å²) < 4.78 is 247. The van der Waals surface area contributed by atoms with Gasteiger partial charge in [-0.3, -0.25) is 0 Å². The molecule has 3 aromatic heterocycles. The van der Waals surface area contributed by atoms with E-state index in [1.165, 1.54) is 9.13 Å². The number of para-hydroxylation sites is 4. The fraction of sp³-hybridized carbons (Fsp3) is 0.0842. The Kier molecular flexibility index (Phi) is 9.33. The smallest absolute Gasteiger partial charge is 0.252 e. The van der Waals surface area contributed by atoms with Crippen LogP contribution in [-0.2, 0) is 10.8 Å². The van der Waals surface area contributed by atoms with Gasteiger partial charge in [-0.1, -0.05) is 284 Å². The zero-order chi connectivity index (χ0) is 91.9. The highest BCUT2D eigenvalue weighted by Gasteiger charge is 2.46. The van der Waals surface area contributed by atoms with Crippen molar-refractivity contribution >= 4 is 101 Å². The van der Waals surface area contributed by atoms with E-state index >= 15 is 0 Å². The first-order valence-corrected chi connectivity index (χ1v) is 33.6. The molecule has 0 radical (unpaired) electrons. The second kappa shape index (κ2) is 24.0. The lowest BCUT2D eigenvalue weighted by Gasteiger charge is -2.46. The number of fused-ring (bicyclic) bond motifs is 10. The molecule has 0 saturated heterocycles. The largest absolute Gasteiger partial charge is 0.311 e. The monoisotopic (exact) mass is 1350 g/mol. The summed E-state index contributed by atoms with van der Waals surface area (Å²) in [7, 11) is 0. The van der Waals surface area contributed by atoms with E-state index in [0.717, 1.165) is 16.7 Å². The maximum absolute atomic E-state index is 9.92. The quantitative estimate of drug-likeness (QED) is 0.128. The molecule has 2 aliphatic rings. The lowest BCUT2D eigenvalue weighted by atomic mass is 9.33. The van der Waals surface area contributed by atoms with Crippen molar-refractivity contribution in [1.29, 1.82) is 0 Å². The first-order valence-electron chi connectivity index (χ1n) is 46.6. The highest BCUT2D eigenvalue weighted by atomic mass is 15.2. The van der Waals surface area contributed by atoms with Crippen LogP contribution >= 0.6 is 0 Å². The molecule has 103 heavy (non-hydrogen) atoms. The van der Waals surface area contributed by atoms with E-state index in [4.69, 9.17) is 28.7 Å². The summed E-state index contributed by atoms with van der Waals surface area (Å²) in [6.07, 6.45) is 0. The van der Waals surface area contributed by atoms with Crippen molar-refractivity contribution in [3.8, 4) is 78.9 Å². The number of hydrogen-bond acceptors (Lipinski definition) is 5. The maximum atomic E-state index is 9.92. The molecule has 7 nitrogen and oxygen atoms in total. The van der Waals surface area contributed by atoms with Gasteiger partial charge in [0.15, 0.2) is 17.5 Å². The van der Waals surface area contributed by atoms with E-state index in [1.54, 1.807) is 18.2 Å². The van der Waals surface area contributed by atoms with Crippen molar-refractivity contribution in [2.45, 2.75) is 52.4 Å². The Balaban J connectivity index is 1.04. The van der Waals surface area contributed by atoms with E-state index in [-0.39, 0.29) is 77.7 Å². The van der Waals surface area contributed by atoms with Gasteiger partial charge in [0, 0.05) is 83.5 Å². The van der Waals surface area contributed by atoms with Crippen LogP contribution < -0.4 is 26.2 Å². The molecule has 0 fully saturated rings. The van der Waals surface area contributed by atoms with Gasteiger partial charge in [0.2, 0.25) is 0 Å². The number of benzene rings is 14. The number of hydrogen-bond donors (Lipinski definition) is 0. The molecule has 0 N–H and O–H groups in total. The molecule has 5 heterocycles. The zero-order valence-corrected chi connectivity index (χ0v) is 56.4. The number of aromatic nitrogens is 5. The average Bonchev–Trinajstić information content (AvgIpc) is 1.69. The van der Waals surface area contributed by atoms with Crippen molar-refractivity contribution in [2.75, 3.05) is 9.80 Å². The summed E-state index contributed by atoms with van der Waals surface area (Å²) in [5.74, 6) is -1.46. The van der Waals surface area contributed by atoms with Crippen molar-refractivity contribution in [3.05, 3.63) is 338 Å². The molecule has 2 aliphatic heterocycles. The predicted octanol–water partition coefficient (Wildman–Crippen LogP) is 22.7. The number of nitrogens with zero attached hydrogens (tertiary/aromatic N) is 7. The van der Waals surface area contributed by atoms with Crippen LogP contribution in [0.4, 0.5) is 34.1 Å². The second-order valence-corrected chi connectivity index (χ2v) is 27.6. The minimum Gasteiger partial charge on any atom is -0.311 e. The Labute approximate surface area is 637 Å². The summed E-state index contributed by atoms with van der Waals surface area (Å²) in [6.45, 7) is 11.0. The van der Waals surface area contributed by atoms with Gasteiger partial charge in [-0.05, 0) is 145 Å². The van der Waals surface area contributed by atoms with Crippen molar-refractivity contribution in [3.63, 3.8) is 0 Å². The van der Waals surface area contributed by atoms with E-state index < -0.39 is 197 Å². The van der Waals surface area contributed by atoms with Gasteiger partial charge in [-0.25, -0.2) is 15.0 Å². The summed E-state index contributed by atoms with van der Waals surface area (Å²) >= 11 is 0. The first-order chi connectivity index (χ1) is 61.2. The maximum Gasteiger partial charge on any atom is 0.252 e. The topological polar surface area (TPSA) is 55.0 Å². The molecule has 0 saturated carbocycles. The van der Waals surface area contributed by atoms with Crippen molar-refractivity contribution < 1.29 is 35.6 Å². The van der Waals surface area contributed by atoms with Gasteiger partial charge in [0.05, 0.1) is 69.1 Å². The fourth-order valence-corrected chi connectivity index (χ4v) is 14.7. The highest BCUT2D eigenvalue weighted by Crippen LogP contribution is 2.54. The highest BCUT2D eigenvalue weighted by molar-refractivity contribution is 7.00. The van der Waals surface area contributed by atoms with Crippen LogP contribution in [0.15, 0.2) is 327 Å². The molecular formula is C95H72BN7. The minimum atomic E-state index is -1.00. The SMILES string of the molecule is [2H]c1c([2H])c([2H])c(-c2nc(-c3cc(C(C)(C)C)cc(-c4ccccc4)c3N3c4cc(-n5c6c([2H])c([2H])c([2H])c([2H])c6c6c([2H])c([2H])c([2H])c([2H])c65)ccc4B4c5ccc(-n6c7c([2H])c([2H])c([2H])c([2H])c7c7c([2H])c([2H])c([2H])c([2H])c76)cc5N(c5ccc(-c6ccccc6)cc5-c5ccccc5)c5cc(C(C)(C)C)cc3c54)nc(-c3c([2H])c([2H])c([2H])c([2H])c3[2H])n2)c([2H])c1[2H]. The predicted molar refractivity (Wildman–Crippen MR) is 433 cm³/mol. The molecule has 0 bridgehead atoms. The number of anilines is 6. The molecule has 17 aromatic rings. The second-order valence-electron chi connectivity index (χ2n) is 27.6. The number of rotatable bonds is 10. The van der Waals surface area contributed by atoms with Crippen LogP contribution in [0.3, 0.4) is 0 Å². The van der Waals surface area contributed by atoms with E-state index in [0.29, 0.717) is 67.0 Å².